The molecule has 0 aliphatic carbocycles. The molecular formula is C32H19F7. The molecule has 5 rings (SSSR count). The Hall–Kier alpha value is -4.39. The number of aryl methyl sites for hydroxylation is 2. The summed E-state index contributed by atoms with van der Waals surface area (Å²) in [4.78, 5) is 0. The molecule has 7 heteroatoms. The summed E-state index contributed by atoms with van der Waals surface area (Å²) in [5.74, 6) is -6.72. The quantitative estimate of drug-likeness (QED) is 0.201. The van der Waals surface area contributed by atoms with Gasteiger partial charge in [-0.2, -0.15) is 0 Å². The molecule has 0 aliphatic heterocycles. The minimum atomic E-state index is -1.41. The first-order valence-corrected chi connectivity index (χ1v) is 11.9. The molecule has 0 bridgehead atoms. The number of benzene rings is 5. The van der Waals surface area contributed by atoms with Crippen LogP contribution in [-0.4, -0.2) is 0 Å². The first-order valence-electron chi connectivity index (χ1n) is 11.9. The topological polar surface area (TPSA) is 0 Å². The fourth-order valence-corrected chi connectivity index (χ4v) is 4.83. The third kappa shape index (κ3) is 4.69. The van der Waals surface area contributed by atoms with Gasteiger partial charge in [-0.3, -0.25) is 0 Å². The van der Waals surface area contributed by atoms with Crippen molar-refractivity contribution < 1.29 is 30.7 Å². The molecule has 0 aliphatic rings. The molecule has 5 aromatic carbocycles. The summed E-state index contributed by atoms with van der Waals surface area (Å²) in [5.41, 5.74) is -0.554. The van der Waals surface area contributed by atoms with Gasteiger partial charge in [0.2, 0.25) is 0 Å². The highest BCUT2D eigenvalue weighted by atomic mass is 19.2. The molecule has 39 heavy (non-hydrogen) atoms. The van der Waals surface area contributed by atoms with Crippen molar-refractivity contribution in [1.29, 1.82) is 0 Å². The highest BCUT2D eigenvalue weighted by molar-refractivity contribution is 6.03. The van der Waals surface area contributed by atoms with Crippen molar-refractivity contribution in [1.82, 2.24) is 0 Å². The minimum absolute atomic E-state index is 0.0594. The van der Waals surface area contributed by atoms with Gasteiger partial charge in [0.1, 0.15) is 29.1 Å². The molecule has 0 aromatic heterocycles. The predicted molar refractivity (Wildman–Crippen MR) is 137 cm³/mol. The van der Waals surface area contributed by atoms with Crippen molar-refractivity contribution in [3.63, 3.8) is 0 Å². The van der Waals surface area contributed by atoms with E-state index >= 15 is 13.2 Å². The monoisotopic (exact) mass is 536 g/mol. The molecule has 0 unspecified atom stereocenters. The van der Waals surface area contributed by atoms with Crippen LogP contribution in [0.25, 0.3) is 44.5 Å². The fraction of sp³-hybridized carbons (Fsp3) is 0.0625. The Morgan fingerprint density at radius 3 is 1.51 bits per heavy atom. The fourth-order valence-electron chi connectivity index (χ4n) is 4.83. The zero-order valence-electron chi connectivity index (χ0n) is 20.7. The van der Waals surface area contributed by atoms with Crippen molar-refractivity contribution >= 4 is 0 Å². The summed E-state index contributed by atoms with van der Waals surface area (Å²) in [7, 11) is 0. The zero-order valence-corrected chi connectivity index (χ0v) is 20.7. The normalized spacial score (nSPS) is 11.2. The van der Waals surface area contributed by atoms with Crippen LogP contribution in [0.3, 0.4) is 0 Å². The summed E-state index contributed by atoms with van der Waals surface area (Å²) in [6, 6.07) is 14.4. The third-order valence-corrected chi connectivity index (χ3v) is 6.64. The number of halogens is 7. The van der Waals surface area contributed by atoms with Crippen LogP contribution in [0.1, 0.15) is 11.1 Å². The maximum Gasteiger partial charge on any atom is 0.167 e. The largest absolute Gasteiger partial charge is 0.207 e. The smallest absolute Gasteiger partial charge is 0.167 e. The molecule has 0 fully saturated rings. The SMILES string of the molecule is Cc1cc(F)ccc1-c1c(F)c(F)c(-c2cc(F)ccc2C)c(-c2ccc(F)cc2F)c1-c1ccc(F)cc1. The van der Waals surface area contributed by atoms with Crippen LogP contribution in [0, 0.1) is 54.6 Å². The van der Waals surface area contributed by atoms with E-state index in [4.69, 9.17) is 0 Å². The summed E-state index contributed by atoms with van der Waals surface area (Å²) < 4.78 is 104. The molecule has 0 spiro atoms. The summed E-state index contributed by atoms with van der Waals surface area (Å²) in [5, 5.41) is 0. The van der Waals surface area contributed by atoms with Gasteiger partial charge in [0.25, 0.3) is 0 Å². The Bertz CT molecular complexity index is 1740. The highest BCUT2D eigenvalue weighted by Gasteiger charge is 2.30. The van der Waals surface area contributed by atoms with E-state index in [2.05, 4.69) is 0 Å². The van der Waals surface area contributed by atoms with Crippen LogP contribution >= 0.6 is 0 Å². The van der Waals surface area contributed by atoms with Gasteiger partial charge in [0, 0.05) is 33.9 Å². The lowest BCUT2D eigenvalue weighted by atomic mass is 9.80. The molecule has 0 heterocycles. The van der Waals surface area contributed by atoms with Crippen LogP contribution in [0.2, 0.25) is 0 Å². The summed E-state index contributed by atoms with van der Waals surface area (Å²) >= 11 is 0. The van der Waals surface area contributed by atoms with Gasteiger partial charge >= 0.3 is 0 Å². The average molecular weight is 536 g/mol. The Morgan fingerprint density at radius 1 is 0.385 bits per heavy atom. The van der Waals surface area contributed by atoms with E-state index in [-0.39, 0.29) is 44.5 Å². The Kier molecular flexibility index (Phi) is 6.76. The lowest BCUT2D eigenvalue weighted by Crippen LogP contribution is -2.05. The number of rotatable bonds is 4. The molecule has 0 saturated carbocycles. The number of hydrogen-bond donors (Lipinski definition) is 0. The molecule has 0 N–H and O–H groups in total. The van der Waals surface area contributed by atoms with Gasteiger partial charge in [-0.05, 0) is 90.2 Å². The van der Waals surface area contributed by atoms with Crippen molar-refractivity contribution in [2.45, 2.75) is 13.8 Å². The van der Waals surface area contributed by atoms with Crippen LogP contribution in [-0.2, 0) is 0 Å². The van der Waals surface area contributed by atoms with Crippen LogP contribution in [0.5, 0.6) is 0 Å². The highest BCUT2D eigenvalue weighted by Crippen LogP contribution is 2.50. The summed E-state index contributed by atoms with van der Waals surface area (Å²) in [6.07, 6.45) is 0. The van der Waals surface area contributed by atoms with E-state index < -0.39 is 46.3 Å². The van der Waals surface area contributed by atoms with Crippen LogP contribution in [0.4, 0.5) is 30.7 Å². The molecular weight excluding hydrogens is 517 g/mol. The van der Waals surface area contributed by atoms with Gasteiger partial charge in [-0.1, -0.05) is 24.3 Å². The van der Waals surface area contributed by atoms with Crippen LogP contribution < -0.4 is 0 Å². The van der Waals surface area contributed by atoms with E-state index in [0.717, 1.165) is 48.5 Å². The molecule has 0 atom stereocenters. The second-order valence-corrected chi connectivity index (χ2v) is 9.18. The van der Waals surface area contributed by atoms with Gasteiger partial charge in [-0.25, -0.2) is 30.7 Å². The van der Waals surface area contributed by atoms with E-state index in [9.17, 15) is 17.6 Å². The van der Waals surface area contributed by atoms with Gasteiger partial charge in [0.05, 0.1) is 0 Å². The first-order chi connectivity index (χ1) is 18.6. The first kappa shape index (κ1) is 26.2. The molecule has 0 saturated heterocycles. The number of hydrogen-bond acceptors (Lipinski definition) is 0. The second-order valence-electron chi connectivity index (χ2n) is 9.18. The van der Waals surface area contributed by atoms with Crippen LogP contribution in [0.15, 0.2) is 78.9 Å². The minimum Gasteiger partial charge on any atom is -0.207 e. The second kappa shape index (κ2) is 10.1. The third-order valence-electron chi connectivity index (χ3n) is 6.64. The summed E-state index contributed by atoms with van der Waals surface area (Å²) in [6.45, 7) is 3.04. The Morgan fingerprint density at radius 2 is 0.897 bits per heavy atom. The molecule has 0 amide bonds. The maximum atomic E-state index is 16.2. The van der Waals surface area contributed by atoms with Gasteiger partial charge in [-0.15, -0.1) is 0 Å². The van der Waals surface area contributed by atoms with Crippen molar-refractivity contribution in [3.05, 3.63) is 131 Å². The van der Waals surface area contributed by atoms with E-state index in [0.29, 0.717) is 11.6 Å². The van der Waals surface area contributed by atoms with Gasteiger partial charge < -0.3 is 0 Å². The van der Waals surface area contributed by atoms with Crippen molar-refractivity contribution in [2.75, 3.05) is 0 Å². The van der Waals surface area contributed by atoms with E-state index in [1.807, 2.05) is 0 Å². The molecule has 0 nitrogen and oxygen atoms in total. The lowest BCUT2D eigenvalue weighted by Gasteiger charge is -2.24. The van der Waals surface area contributed by atoms with Crippen molar-refractivity contribution in [3.8, 4) is 44.5 Å². The average Bonchev–Trinajstić information content (AvgIpc) is 2.88. The molecule has 5 aromatic rings. The molecule has 0 radical (unpaired) electrons. The molecule has 196 valence electrons. The predicted octanol–water partition coefficient (Wildman–Crippen LogP) is 9.95. The van der Waals surface area contributed by atoms with E-state index in [1.54, 1.807) is 6.92 Å². The standard InChI is InChI=1S/C32H19F7/c1-16-3-6-21(35)14-25(16)30-28(24-12-10-22(36)15-26(24)37)27(18-4-7-19(33)8-5-18)29(31(38)32(30)39)23-11-9-20(34)13-17(23)2/h3-15H,1-2H3. The van der Waals surface area contributed by atoms with Crippen molar-refractivity contribution in [2.24, 2.45) is 0 Å². The Balaban J connectivity index is 2.07. The maximum absolute atomic E-state index is 16.2. The lowest BCUT2D eigenvalue weighted by molar-refractivity contribution is 0.514. The van der Waals surface area contributed by atoms with E-state index in [1.165, 1.54) is 31.2 Å². The Labute approximate surface area is 220 Å². The van der Waals surface area contributed by atoms with Gasteiger partial charge in [0.15, 0.2) is 11.6 Å². The zero-order chi connectivity index (χ0) is 28.0.